The van der Waals surface area contributed by atoms with Crippen molar-refractivity contribution in [2.75, 3.05) is 11.9 Å². The van der Waals surface area contributed by atoms with E-state index in [9.17, 15) is 9.59 Å². The van der Waals surface area contributed by atoms with Crippen LogP contribution in [0, 0.1) is 0 Å². The third-order valence-electron chi connectivity index (χ3n) is 2.61. The number of aromatic amines is 1. The van der Waals surface area contributed by atoms with E-state index in [1.807, 2.05) is 12.1 Å². The number of rotatable bonds is 5. The van der Waals surface area contributed by atoms with Gasteiger partial charge in [-0.05, 0) is 13.0 Å². The van der Waals surface area contributed by atoms with Crippen LogP contribution >= 0.6 is 0 Å². The van der Waals surface area contributed by atoms with Gasteiger partial charge in [-0.15, -0.1) is 0 Å². The number of nitrogens with one attached hydrogen (secondary N) is 2. The Kier molecular flexibility index (Phi) is 4.12. The van der Waals surface area contributed by atoms with Gasteiger partial charge in [0.15, 0.2) is 0 Å². The Morgan fingerprint density at radius 2 is 2.21 bits per heavy atom. The van der Waals surface area contributed by atoms with Crippen molar-refractivity contribution < 1.29 is 14.3 Å². The van der Waals surface area contributed by atoms with E-state index >= 15 is 0 Å². The van der Waals surface area contributed by atoms with Crippen molar-refractivity contribution in [1.29, 1.82) is 0 Å². The zero-order valence-corrected chi connectivity index (χ0v) is 10.6. The van der Waals surface area contributed by atoms with Crippen molar-refractivity contribution in [2.24, 2.45) is 0 Å². The number of amides is 1. The second-order valence-electron chi connectivity index (χ2n) is 3.99. The Bertz CT molecular complexity index is 592. The van der Waals surface area contributed by atoms with Crippen LogP contribution in [0.3, 0.4) is 0 Å². The number of anilines is 1. The summed E-state index contributed by atoms with van der Waals surface area (Å²) in [6.07, 6.45) is 1.87. The van der Waals surface area contributed by atoms with E-state index in [0.29, 0.717) is 12.3 Å². The Morgan fingerprint density at radius 1 is 1.37 bits per heavy atom. The van der Waals surface area contributed by atoms with Gasteiger partial charge in [0.1, 0.15) is 0 Å². The van der Waals surface area contributed by atoms with E-state index in [4.69, 9.17) is 4.74 Å². The van der Waals surface area contributed by atoms with E-state index in [1.165, 1.54) is 0 Å². The molecule has 2 aromatic rings. The van der Waals surface area contributed by atoms with E-state index in [0.717, 1.165) is 10.9 Å². The number of para-hydroxylation sites is 1. The maximum atomic E-state index is 11.7. The topological polar surface area (TPSA) is 84.1 Å². The molecule has 2 rings (SSSR count). The summed E-state index contributed by atoms with van der Waals surface area (Å²) in [5.41, 5.74) is 1.43. The number of benzene rings is 1. The van der Waals surface area contributed by atoms with E-state index < -0.39 is 0 Å². The number of hydrogen-bond donors (Lipinski definition) is 2. The number of aromatic nitrogens is 2. The molecule has 0 aliphatic carbocycles. The summed E-state index contributed by atoms with van der Waals surface area (Å²) in [6.45, 7) is 2.06. The van der Waals surface area contributed by atoms with Gasteiger partial charge < -0.3 is 10.1 Å². The van der Waals surface area contributed by atoms with Crippen molar-refractivity contribution in [1.82, 2.24) is 10.2 Å². The zero-order valence-electron chi connectivity index (χ0n) is 10.6. The van der Waals surface area contributed by atoms with E-state index in [2.05, 4.69) is 15.5 Å². The van der Waals surface area contributed by atoms with Crippen molar-refractivity contribution in [2.45, 2.75) is 19.8 Å². The van der Waals surface area contributed by atoms with E-state index in [-0.39, 0.29) is 24.7 Å². The first kappa shape index (κ1) is 13.1. The highest BCUT2D eigenvalue weighted by Crippen LogP contribution is 2.20. The third-order valence-corrected chi connectivity index (χ3v) is 2.61. The summed E-state index contributed by atoms with van der Waals surface area (Å²) in [5, 5.41) is 10.4. The van der Waals surface area contributed by atoms with Crippen LogP contribution in [-0.4, -0.2) is 28.7 Å². The summed E-state index contributed by atoms with van der Waals surface area (Å²) in [4.78, 5) is 22.9. The lowest BCUT2D eigenvalue weighted by Gasteiger charge is -2.06. The van der Waals surface area contributed by atoms with Gasteiger partial charge in [0, 0.05) is 11.8 Å². The summed E-state index contributed by atoms with van der Waals surface area (Å²) in [7, 11) is 0. The number of nitrogens with zero attached hydrogens (tertiary/aromatic N) is 1. The number of esters is 1. The molecule has 0 radical (unpaired) electrons. The summed E-state index contributed by atoms with van der Waals surface area (Å²) >= 11 is 0. The zero-order chi connectivity index (χ0) is 13.7. The molecule has 0 fully saturated rings. The highest BCUT2D eigenvalue weighted by atomic mass is 16.5. The maximum Gasteiger partial charge on any atom is 0.306 e. The van der Waals surface area contributed by atoms with Gasteiger partial charge >= 0.3 is 5.97 Å². The largest absolute Gasteiger partial charge is 0.466 e. The average Bonchev–Trinajstić information content (AvgIpc) is 2.86. The standard InChI is InChI=1S/C13H15N3O3/c1-2-19-12(18)7-6-11(17)15-10-5-3-4-9-8-14-16-13(9)10/h3-5,8H,2,6-7H2,1H3,(H,14,16)(H,15,17). The fraction of sp³-hybridized carbons (Fsp3) is 0.308. The smallest absolute Gasteiger partial charge is 0.306 e. The number of carbonyl (C=O) groups is 2. The lowest BCUT2D eigenvalue weighted by Crippen LogP contribution is -2.14. The predicted molar refractivity (Wildman–Crippen MR) is 70.6 cm³/mol. The van der Waals surface area contributed by atoms with Crippen LogP contribution in [-0.2, 0) is 14.3 Å². The second kappa shape index (κ2) is 5.99. The highest BCUT2D eigenvalue weighted by Gasteiger charge is 2.09. The first-order valence-electron chi connectivity index (χ1n) is 6.08. The molecule has 0 aliphatic heterocycles. The van der Waals surface area contributed by atoms with Gasteiger partial charge in [0.25, 0.3) is 0 Å². The van der Waals surface area contributed by atoms with Crippen LogP contribution in [0.25, 0.3) is 10.9 Å². The molecule has 6 nitrogen and oxygen atoms in total. The fourth-order valence-corrected chi connectivity index (χ4v) is 1.73. The lowest BCUT2D eigenvalue weighted by molar-refractivity contribution is -0.144. The molecular weight excluding hydrogens is 246 g/mol. The predicted octanol–water partition coefficient (Wildman–Crippen LogP) is 1.84. The monoisotopic (exact) mass is 261 g/mol. The molecule has 0 atom stereocenters. The molecule has 100 valence electrons. The number of ether oxygens (including phenoxy) is 1. The molecule has 1 heterocycles. The van der Waals surface area contributed by atoms with Crippen LogP contribution in [0.4, 0.5) is 5.69 Å². The van der Waals surface area contributed by atoms with Crippen LogP contribution in [0.1, 0.15) is 19.8 Å². The molecule has 0 spiro atoms. The van der Waals surface area contributed by atoms with Crippen LogP contribution in [0.2, 0.25) is 0 Å². The Balaban J connectivity index is 1.95. The first-order chi connectivity index (χ1) is 9.20. The molecule has 1 aromatic heterocycles. The van der Waals surface area contributed by atoms with Gasteiger partial charge in [-0.25, -0.2) is 0 Å². The van der Waals surface area contributed by atoms with Crippen molar-refractivity contribution in [3.05, 3.63) is 24.4 Å². The fourth-order valence-electron chi connectivity index (χ4n) is 1.73. The van der Waals surface area contributed by atoms with Crippen LogP contribution in [0.5, 0.6) is 0 Å². The Hall–Kier alpha value is -2.37. The SMILES string of the molecule is CCOC(=O)CCC(=O)Nc1cccc2cn[nH]c12. The van der Waals surface area contributed by atoms with Gasteiger partial charge in [0.05, 0.1) is 30.4 Å². The molecule has 0 aliphatic rings. The summed E-state index contributed by atoms with van der Waals surface area (Å²) in [6, 6.07) is 5.51. The van der Waals surface area contributed by atoms with Crippen LogP contribution < -0.4 is 5.32 Å². The first-order valence-corrected chi connectivity index (χ1v) is 6.08. The highest BCUT2D eigenvalue weighted by molar-refractivity contribution is 6.00. The molecule has 1 aromatic carbocycles. The van der Waals surface area contributed by atoms with Crippen molar-refractivity contribution >= 4 is 28.5 Å². The maximum absolute atomic E-state index is 11.7. The lowest BCUT2D eigenvalue weighted by atomic mass is 10.2. The quantitative estimate of drug-likeness (QED) is 0.804. The molecule has 19 heavy (non-hydrogen) atoms. The molecule has 0 bridgehead atoms. The Labute approximate surface area is 110 Å². The van der Waals surface area contributed by atoms with Crippen molar-refractivity contribution in [3.8, 4) is 0 Å². The minimum atomic E-state index is -0.364. The van der Waals surface area contributed by atoms with Gasteiger partial charge in [-0.2, -0.15) is 5.10 Å². The second-order valence-corrected chi connectivity index (χ2v) is 3.99. The third kappa shape index (κ3) is 3.31. The number of fused-ring (bicyclic) bond motifs is 1. The molecule has 2 N–H and O–H groups in total. The molecule has 0 saturated carbocycles. The van der Waals surface area contributed by atoms with Gasteiger partial charge in [-0.1, -0.05) is 12.1 Å². The summed E-state index contributed by atoms with van der Waals surface area (Å²) in [5.74, 6) is -0.590. The van der Waals surface area contributed by atoms with Gasteiger partial charge in [-0.3, -0.25) is 14.7 Å². The Morgan fingerprint density at radius 3 is 3.00 bits per heavy atom. The number of carbonyl (C=O) groups excluding carboxylic acids is 2. The molecule has 1 amide bonds. The minimum Gasteiger partial charge on any atom is -0.466 e. The normalized spacial score (nSPS) is 10.4. The average molecular weight is 261 g/mol. The van der Waals surface area contributed by atoms with E-state index in [1.54, 1.807) is 19.2 Å². The number of H-pyrrole nitrogens is 1. The molecule has 0 unspecified atom stereocenters. The van der Waals surface area contributed by atoms with Crippen molar-refractivity contribution in [3.63, 3.8) is 0 Å². The summed E-state index contributed by atoms with van der Waals surface area (Å²) < 4.78 is 4.77. The number of hydrogen-bond acceptors (Lipinski definition) is 4. The molecular formula is C13H15N3O3. The molecule has 6 heteroatoms. The minimum absolute atomic E-state index is 0.0820. The van der Waals surface area contributed by atoms with Gasteiger partial charge in [0.2, 0.25) is 5.91 Å². The van der Waals surface area contributed by atoms with Crippen LogP contribution in [0.15, 0.2) is 24.4 Å². The molecule has 0 saturated heterocycles.